The molecule has 0 saturated heterocycles. The number of benzene rings is 2. The van der Waals surface area contributed by atoms with E-state index in [1.807, 2.05) is 20.8 Å². The molecule has 186 valence electrons. The van der Waals surface area contributed by atoms with E-state index in [1.54, 1.807) is 31.2 Å². The molecule has 2 amide bonds. The van der Waals surface area contributed by atoms with Crippen molar-refractivity contribution in [1.82, 2.24) is 10.2 Å². The Morgan fingerprint density at radius 1 is 1.09 bits per heavy atom. The fraction of sp³-hybridized carbons (Fsp3) is 0.417. The Kier molecular flexibility index (Phi) is 9.24. The Morgan fingerprint density at radius 2 is 1.68 bits per heavy atom. The van der Waals surface area contributed by atoms with Gasteiger partial charge in [0.2, 0.25) is 21.8 Å². The van der Waals surface area contributed by atoms with Crippen LogP contribution in [-0.4, -0.2) is 49.5 Å². The standard InChI is InChI=1S/C24H31BrFN3O4S/c1-6-20(23(31)27-24(2,3)4)28(15-17-11-13-18(26)14-12-17)22(30)16-29(34(5,32)33)21-10-8-7-9-19(21)25/h7-14,20H,6,15-16H2,1-5H3,(H,27,31). The molecule has 34 heavy (non-hydrogen) atoms. The molecule has 1 unspecified atom stereocenters. The Bertz CT molecular complexity index is 1120. The van der Waals surface area contributed by atoms with E-state index >= 15 is 0 Å². The predicted molar refractivity (Wildman–Crippen MR) is 135 cm³/mol. The van der Waals surface area contributed by atoms with E-state index in [1.165, 1.54) is 29.2 Å². The lowest BCUT2D eigenvalue weighted by Crippen LogP contribution is -2.55. The van der Waals surface area contributed by atoms with Gasteiger partial charge >= 0.3 is 0 Å². The number of sulfonamides is 1. The monoisotopic (exact) mass is 555 g/mol. The lowest BCUT2D eigenvalue weighted by Gasteiger charge is -2.34. The van der Waals surface area contributed by atoms with Gasteiger partial charge in [0, 0.05) is 16.6 Å². The van der Waals surface area contributed by atoms with E-state index in [4.69, 9.17) is 0 Å². The number of nitrogens with zero attached hydrogens (tertiary/aromatic N) is 2. The van der Waals surface area contributed by atoms with Crippen molar-refractivity contribution in [3.8, 4) is 0 Å². The van der Waals surface area contributed by atoms with Gasteiger partial charge in [-0.3, -0.25) is 13.9 Å². The second kappa shape index (κ2) is 11.3. The van der Waals surface area contributed by atoms with Gasteiger partial charge in [-0.2, -0.15) is 0 Å². The van der Waals surface area contributed by atoms with Crippen LogP contribution >= 0.6 is 15.9 Å². The summed E-state index contributed by atoms with van der Waals surface area (Å²) in [4.78, 5) is 28.0. The zero-order valence-electron chi connectivity index (χ0n) is 20.0. The van der Waals surface area contributed by atoms with Crippen LogP contribution in [0.5, 0.6) is 0 Å². The van der Waals surface area contributed by atoms with Crippen LogP contribution < -0.4 is 9.62 Å². The number of anilines is 1. The van der Waals surface area contributed by atoms with Crippen molar-refractivity contribution in [2.45, 2.75) is 52.2 Å². The van der Waals surface area contributed by atoms with Crippen LogP contribution in [0.2, 0.25) is 0 Å². The van der Waals surface area contributed by atoms with Crippen LogP contribution in [0.1, 0.15) is 39.7 Å². The van der Waals surface area contributed by atoms with E-state index in [-0.39, 0.29) is 12.5 Å². The number of amides is 2. The van der Waals surface area contributed by atoms with Crippen molar-refractivity contribution in [3.63, 3.8) is 0 Å². The van der Waals surface area contributed by atoms with Crippen LogP contribution in [-0.2, 0) is 26.2 Å². The summed E-state index contributed by atoms with van der Waals surface area (Å²) in [6, 6.07) is 11.4. The molecule has 10 heteroatoms. The Hall–Kier alpha value is -2.46. The molecule has 0 aliphatic carbocycles. The number of nitrogens with one attached hydrogen (secondary N) is 1. The third-order valence-electron chi connectivity index (χ3n) is 4.95. The molecule has 1 atom stereocenters. The number of rotatable bonds is 9. The highest BCUT2D eigenvalue weighted by molar-refractivity contribution is 9.10. The van der Waals surface area contributed by atoms with E-state index in [9.17, 15) is 22.4 Å². The van der Waals surface area contributed by atoms with E-state index in [0.717, 1.165) is 10.6 Å². The zero-order chi connectivity index (χ0) is 25.7. The molecule has 2 aromatic rings. The molecular weight excluding hydrogens is 525 g/mol. The maximum Gasteiger partial charge on any atom is 0.244 e. The van der Waals surface area contributed by atoms with Crippen molar-refractivity contribution in [2.75, 3.05) is 17.1 Å². The van der Waals surface area contributed by atoms with E-state index in [2.05, 4.69) is 21.2 Å². The second-order valence-electron chi connectivity index (χ2n) is 9.03. The molecule has 0 aliphatic heterocycles. The molecule has 0 radical (unpaired) electrons. The SMILES string of the molecule is CCC(C(=O)NC(C)(C)C)N(Cc1ccc(F)cc1)C(=O)CN(c1ccccc1Br)S(C)(=O)=O. The fourth-order valence-electron chi connectivity index (χ4n) is 3.41. The molecule has 0 saturated carbocycles. The largest absolute Gasteiger partial charge is 0.350 e. The molecule has 2 rings (SSSR count). The van der Waals surface area contributed by atoms with E-state index < -0.39 is 39.9 Å². The normalized spacial score (nSPS) is 12.7. The van der Waals surface area contributed by atoms with E-state index in [0.29, 0.717) is 22.1 Å². The maximum atomic E-state index is 13.6. The minimum atomic E-state index is -3.82. The van der Waals surface area contributed by atoms with Gasteiger partial charge in [-0.1, -0.05) is 31.2 Å². The molecule has 2 aromatic carbocycles. The Balaban J connectivity index is 2.46. The summed E-state index contributed by atoms with van der Waals surface area (Å²) in [6.07, 6.45) is 1.33. The highest BCUT2D eigenvalue weighted by atomic mass is 79.9. The zero-order valence-corrected chi connectivity index (χ0v) is 22.4. The third-order valence-corrected chi connectivity index (χ3v) is 6.75. The Labute approximate surface area is 209 Å². The molecule has 0 aromatic heterocycles. The summed E-state index contributed by atoms with van der Waals surface area (Å²) in [5.74, 6) is -1.32. The summed E-state index contributed by atoms with van der Waals surface area (Å²) in [5.41, 5.74) is 0.402. The van der Waals surface area contributed by atoms with Gasteiger partial charge in [0.25, 0.3) is 0 Å². The number of para-hydroxylation sites is 1. The van der Waals surface area contributed by atoms with Gasteiger partial charge in [0.05, 0.1) is 11.9 Å². The summed E-state index contributed by atoms with van der Waals surface area (Å²) in [6.45, 7) is 6.80. The van der Waals surface area contributed by atoms with Crippen molar-refractivity contribution in [3.05, 3.63) is 64.4 Å². The van der Waals surface area contributed by atoms with Crippen LogP contribution in [0.4, 0.5) is 10.1 Å². The quantitative estimate of drug-likeness (QED) is 0.505. The molecule has 0 spiro atoms. The first-order chi connectivity index (χ1) is 15.7. The average Bonchev–Trinajstić information content (AvgIpc) is 2.71. The smallest absolute Gasteiger partial charge is 0.244 e. The number of halogens is 2. The number of hydrogen-bond acceptors (Lipinski definition) is 4. The van der Waals surface area contributed by atoms with Crippen molar-refractivity contribution in [1.29, 1.82) is 0 Å². The molecule has 7 nitrogen and oxygen atoms in total. The van der Waals surface area contributed by atoms with Crippen LogP contribution in [0.3, 0.4) is 0 Å². The first kappa shape index (κ1) is 27.8. The fourth-order valence-corrected chi connectivity index (χ4v) is 4.89. The van der Waals surface area contributed by atoms with Crippen LogP contribution in [0.25, 0.3) is 0 Å². The molecule has 0 bridgehead atoms. The molecule has 0 heterocycles. The number of carbonyl (C=O) groups is 2. The van der Waals surface area contributed by atoms with Crippen molar-refractivity contribution in [2.24, 2.45) is 0 Å². The predicted octanol–water partition coefficient (Wildman–Crippen LogP) is 4.08. The highest BCUT2D eigenvalue weighted by Gasteiger charge is 2.33. The topological polar surface area (TPSA) is 86.8 Å². The molecular formula is C24H31BrFN3O4S. The number of carbonyl (C=O) groups excluding carboxylic acids is 2. The maximum absolute atomic E-state index is 13.6. The highest BCUT2D eigenvalue weighted by Crippen LogP contribution is 2.28. The van der Waals surface area contributed by atoms with Gasteiger partial charge in [-0.15, -0.1) is 0 Å². The summed E-state index contributed by atoms with van der Waals surface area (Å²) >= 11 is 3.35. The molecule has 0 fully saturated rings. The first-order valence-corrected chi connectivity index (χ1v) is 13.4. The van der Waals surface area contributed by atoms with Crippen molar-refractivity contribution < 1.29 is 22.4 Å². The van der Waals surface area contributed by atoms with Gasteiger partial charge in [0.1, 0.15) is 18.4 Å². The van der Waals surface area contributed by atoms with Gasteiger partial charge in [-0.25, -0.2) is 12.8 Å². The lowest BCUT2D eigenvalue weighted by atomic mass is 10.1. The third kappa shape index (κ3) is 7.80. The van der Waals surface area contributed by atoms with Gasteiger partial charge in [-0.05, 0) is 73.0 Å². The van der Waals surface area contributed by atoms with Crippen LogP contribution in [0, 0.1) is 5.82 Å². The second-order valence-corrected chi connectivity index (χ2v) is 11.8. The van der Waals surface area contributed by atoms with Gasteiger partial charge < -0.3 is 10.2 Å². The van der Waals surface area contributed by atoms with Crippen LogP contribution in [0.15, 0.2) is 53.0 Å². The molecule has 1 N–H and O–H groups in total. The van der Waals surface area contributed by atoms with Gasteiger partial charge in [0.15, 0.2) is 0 Å². The minimum Gasteiger partial charge on any atom is -0.350 e. The Morgan fingerprint density at radius 3 is 2.18 bits per heavy atom. The lowest BCUT2D eigenvalue weighted by molar-refractivity contribution is -0.141. The number of hydrogen-bond donors (Lipinski definition) is 1. The minimum absolute atomic E-state index is 0.0166. The van der Waals surface area contributed by atoms with Crippen molar-refractivity contribution >= 4 is 43.5 Å². The average molecular weight is 556 g/mol. The molecule has 0 aliphatic rings. The first-order valence-electron chi connectivity index (χ1n) is 10.8. The summed E-state index contributed by atoms with van der Waals surface area (Å²) in [7, 11) is -3.82. The summed E-state index contributed by atoms with van der Waals surface area (Å²) < 4.78 is 40.2. The summed E-state index contributed by atoms with van der Waals surface area (Å²) in [5, 5.41) is 2.89.